The number of para-hydroxylation sites is 4. The van der Waals surface area contributed by atoms with Crippen LogP contribution in [0, 0.1) is 11.3 Å². The van der Waals surface area contributed by atoms with E-state index in [9.17, 15) is 0 Å². The van der Waals surface area contributed by atoms with Gasteiger partial charge in [0.2, 0.25) is 0 Å². The summed E-state index contributed by atoms with van der Waals surface area (Å²) in [5.74, 6) is 0. The van der Waals surface area contributed by atoms with Gasteiger partial charge in [0, 0.05) is 40.9 Å². The molecule has 256 valence electrons. The predicted octanol–water partition coefficient (Wildman–Crippen LogP) is 11.1. The standard InChI is InChI=1S/C10H6N2.3C8H6N2.4C2H6/c11-7-8-5-6-12-10-4-2-1-3-9(8)10;1-2-4-8-7(3-1)5-9-6-10-8;1-2-4-8-7(3-1)9-5-6-10-8;1-2-4-8-7(3-1)5-6-9-10-8;4*1-2/h1-6H;3*1-6H;4*1-2H3. The van der Waals surface area contributed by atoms with Gasteiger partial charge in [0.05, 0.1) is 45.4 Å². The molecule has 0 radical (unpaired) electrons. The lowest BCUT2D eigenvalue weighted by molar-refractivity contribution is 1.08. The summed E-state index contributed by atoms with van der Waals surface area (Å²) in [7, 11) is 0. The number of hydrogen-bond donors (Lipinski definition) is 0. The van der Waals surface area contributed by atoms with Gasteiger partial charge in [-0.3, -0.25) is 15.0 Å². The molecule has 0 unspecified atom stereocenters. The normalized spacial score (nSPS) is 8.78. The SMILES string of the molecule is CC.CC.CC.CC.N#Cc1ccnc2ccccc12.c1ccc2nccnc2c1.c1ccc2ncncc2c1.c1ccc2nnccc2c1. The fraction of sp³-hybridized carbons (Fsp3) is 0.190. The van der Waals surface area contributed by atoms with Crippen LogP contribution in [0.1, 0.15) is 61.0 Å². The number of nitriles is 1. The summed E-state index contributed by atoms with van der Waals surface area (Å²) in [4.78, 5) is 20.3. The Morgan fingerprint density at radius 3 is 1.52 bits per heavy atom. The summed E-state index contributed by atoms with van der Waals surface area (Å²) in [6.45, 7) is 16.0. The minimum Gasteiger partial charge on any atom is -0.256 e. The first-order chi connectivity index (χ1) is 24.8. The highest BCUT2D eigenvalue weighted by molar-refractivity contribution is 5.84. The van der Waals surface area contributed by atoms with Crippen molar-refractivity contribution in [2.75, 3.05) is 0 Å². The second kappa shape index (κ2) is 26.8. The van der Waals surface area contributed by atoms with Crippen molar-refractivity contribution in [3.63, 3.8) is 0 Å². The van der Waals surface area contributed by atoms with Crippen molar-refractivity contribution in [3.8, 4) is 6.07 Å². The van der Waals surface area contributed by atoms with Crippen LogP contribution in [0.2, 0.25) is 0 Å². The monoisotopic (exact) mass is 664 g/mol. The van der Waals surface area contributed by atoms with Gasteiger partial charge in [0.1, 0.15) is 6.33 Å². The van der Waals surface area contributed by atoms with E-state index in [1.54, 1.807) is 37.2 Å². The summed E-state index contributed by atoms with van der Waals surface area (Å²) < 4.78 is 0. The average Bonchev–Trinajstić information content (AvgIpc) is 3.24. The summed E-state index contributed by atoms with van der Waals surface area (Å²) in [6, 6.07) is 37.0. The molecule has 0 saturated carbocycles. The Bertz CT molecular complexity index is 1720. The lowest BCUT2D eigenvalue weighted by Gasteiger charge is -1.96. The Hall–Kier alpha value is -6.20. The summed E-state index contributed by atoms with van der Waals surface area (Å²) >= 11 is 0. The predicted molar refractivity (Wildman–Crippen MR) is 210 cm³/mol. The lowest BCUT2D eigenvalue weighted by atomic mass is 10.1. The van der Waals surface area contributed by atoms with Crippen LogP contribution >= 0.6 is 0 Å². The molecule has 8 nitrogen and oxygen atoms in total. The topological polar surface area (TPSA) is 114 Å². The van der Waals surface area contributed by atoms with E-state index in [2.05, 4.69) is 41.2 Å². The first-order valence-corrected chi connectivity index (χ1v) is 17.0. The summed E-state index contributed by atoms with van der Waals surface area (Å²) in [5, 5.41) is 19.6. The van der Waals surface area contributed by atoms with E-state index in [1.165, 1.54) is 0 Å². The van der Waals surface area contributed by atoms with Crippen molar-refractivity contribution in [2.24, 2.45) is 0 Å². The van der Waals surface area contributed by atoms with Crippen molar-refractivity contribution in [2.45, 2.75) is 55.4 Å². The second-order valence-corrected chi connectivity index (χ2v) is 8.70. The molecule has 0 atom stereocenters. The molecule has 0 bridgehead atoms. The van der Waals surface area contributed by atoms with Gasteiger partial charge in [-0.2, -0.15) is 15.5 Å². The molecule has 0 N–H and O–H groups in total. The molecule has 0 aliphatic carbocycles. The van der Waals surface area contributed by atoms with Gasteiger partial charge in [0.25, 0.3) is 0 Å². The number of fused-ring (bicyclic) bond motifs is 4. The highest BCUT2D eigenvalue weighted by atomic mass is 15.1. The number of rotatable bonds is 0. The minimum atomic E-state index is 0.681. The van der Waals surface area contributed by atoms with Crippen LogP contribution in [-0.2, 0) is 0 Å². The first-order valence-electron chi connectivity index (χ1n) is 17.0. The third kappa shape index (κ3) is 13.9. The van der Waals surface area contributed by atoms with Crippen LogP contribution in [0.15, 0.2) is 147 Å². The molecule has 4 aromatic carbocycles. The van der Waals surface area contributed by atoms with E-state index in [0.717, 1.165) is 43.7 Å². The van der Waals surface area contributed by atoms with Gasteiger partial charge in [-0.25, -0.2) is 9.97 Å². The van der Waals surface area contributed by atoms with Gasteiger partial charge in [-0.1, -0.05) is 122 Å². The fourth-order valence-corrected chi connectivity index (χ4v) is 3.96. The van der Waals surface area contributed by atoms with Crippen LogP contribution < -0.4 is 0 Å². The Labute approximate surface area is 297 Å². The van der Waals surface area contributed by atoms with Crippen molar-refractivity contribution < 1.29 is 0 Å². The first kappa shape index (κ1) is 41.8. The highest BCUT2D eigenvalue weighted by Crippen LogP contribution is 2.14. The third-order valence-electron chi connectivity index (χ3n) is 5.98. The van der Waals surface area contributed by atoms with Gasteiger partial charge < -0.3 is 0 Å². The van der Waals surface area contributed by atoms with Crippen molar-refractivity contribution in [3.05, 3.63) is 152 Å². The lowest BCUT2D eigenvalue weighted by Crippen LogP contribution is -1.81. The molecule has 0 aliphatic rings. The van der Waals surface area contributed by atoms with E-state index >= 15 is 0 Å². The van der Waals surface area contributed by atoms with Crippen LogP contribution in [0.5, 0.6) is 0 Å². The van der Waals surface area contributed by atoms with Gasteiger partial charge in [0.15, 0.2) is 0 Å². The van der Waals surface area contributed by atoms with E-state index < -0.39 is 0 Å². The number of benzene rings is 4. The van der Waals surface area contributed by atoms with Gasteiger partial charge in [-0.15, -0.1) is 0 Å². The highest BCUT2D eigenvalue weighted by Gasteiger charge is 1.97. The molecule has 0 spiro atoms. The Morgan fingerprint density at radius 2 is 0.940 bits per heavy atom. The maximum Gasteiger partial charge on any atom is 0.116 e. The van der Waals surface area contributed by atoms with Gasteiger partial charge in [-0.05, 0) is 42.5 Å². The second-order valence-electron chi connectivity index (χ2n) is 8.70. The van der Waals surface area contributed by atoms with E-state index in [4.69, 9.17) is 5.26 Å². The molecular weight excluding hydrogens is 617 g/mol. The number of pyridine rings is 1. The third-order valence-corrected chi connectivity index (χ3v) is 5.98. The van der Waals surface area contributed by atoms with Crippen molar-refractivity contribution in [1.29, 1.82) is 5.26 Å². The number of hydrogen-bond acceptors (Lipinski definition) is 8. The van der Waals surface area contributed by atoms with E-state index in [1.807, 2.05) is 165 Å². The quantitative estimate of drug-likeness (QED) is 0.157. The zero-order chi connectivity index (χ0) is 36.8. The molecule has 4 heterocycles. The number of nitrogens with zero attached hydrogens (tertiary/aromatic N) is 8. The van der Waals surface area contributed by atoms with Crippen molar-refractivity contribution in [1.82, 2.24) is 35.1 Å². The molecule has 0 aliphatic heterocycles. The molecule has 8 heteroatoms. The van der Waals surface area contributed by atoms with E-state index in [0.29, 0.717) is 5.56 Å². The maximum absolute atomic E-state index is 8.76. The molecule has 4 aromatic heterocycles. The van der Waals surface area contributed by atoms with Crippen LogP contribution in [0.3, 0.4) is 0 Å². The minimum absolute atomic E-state index is 0.681. The summed E-state index contributed by atoms with van der Waals surface area (Å²) in [6.07, 6.45) is 10.1. The van der Waals surface area contributed by atoms with Crippen LogP contribution in [0.4, 0.5) is 0 Å². The summed E-state index contributed by atoms with van der Waals surface area (Å²) in [5.41, 5.74) is 5.40. The smallest absolute Gasteiger partial charge is 0.116 e. The van der Waals surface area contributed by atoms with Gasteiger partial charge >= 0.3 is 0 Å². The molecule has 0 saturated heterocycles. The number of aromatic nitrogens is 7. The molecule has 0 fully saturated rings. The Balaban J connectivity index is 0.000000313. The molecule has 8 rings (SSSR count). The fourth-order valence-electron chi connectivity index (χ4n) is 3.96. The molecule has 8 aromatic rings. The maximum atomic E-state index is 8.76. The largest absolute Gasteiger partial charge is 0.256 e. The zero-order valence-electron chi connectivity index (χ0n) is 30.4. The van der Waals surface area contributed by atoms with Crippen LogP contribution in [0.25, 0.3) is 43.7 Å². The van der Waals surface area contributed by atoms with Crippen molar-refractivity contribution >= 4 is 43.7 Å². The Kier molecular flexibility index (Phi) is 22.4. The zero-order valence-corrected chi connectivity index (χ0v) is 30.4. The average molecular weight is 665 g/mol. The van der Waals surface area contributed by atoms with E-state index in [-0.39, 0.29) is 0 Å². The molecular formula is C42H48N8. The molecule has 50 heavy (non-hydrogen) atoms. The molecule has 0 amide bonds. The van der Waals surface area contributed by atoms with Crippen LogP contribution in [-0.4, -0.2) is 35.1 Å². The Morgan fingerprint density at radius 1 is 0.440 bits per heavy atom.